The number of carbonyl (C=O) groups is 2. The van der Waals surface area contributed by atoms with E-state index < -0.39 is 10.7 Å². The number of thioether (sulfide) groups is 1. The van der Waals surface area contributed by atoms with Crippen molar-refractivity contribution in [1.82, 2.24) is 9.55 Å². The maximum Gasteiger partial charge on any atom is 0.319 e. The minimum absolute atomic E-state index is 0.318. The molecule has 0 spiro atoms. The fraction of sp³-hybridized carbons (Fsp3) is 0.393. The predicted molar refractivity (Wildman–Crippen MR) is 151 cm³/mol. The minimum atomic E-state index is -0.897. The number of carboxylic acid groups (broad SMARTS) is 1. The number of allylic oxidation sites excluding steroid dienone is 4. The Hall–Kier alpha value is -3.30. The number of amides is 1. The molecule has 200 valence electrons. The zero-order valence-corrected chi connectivity index (χ0v) is 23.3. The Morgan fingerprint density at radius 2 is 2.00 bits per heavy atom. The molecule has 1 aromatic heterocycles. The van der Waals surface area contributed by atoms with Gasteiger partial charge in [-0.3, -0.25) is 9.59 Å². The van der Waals surface area contributed by atoms with Crippen LogP contribution in [0.1, 0.15) is 47.8 Å². The first-order valence-electron chi connectivity index (χ1n) is 11.9. The van der Waals surface area contributed by atoms with Crippen LogP contribution in [0, 0.1) is 13.8 Å². The molecule has 2 rings (SSSR count). The van der Waals surface area contributed by atoms with Gasteiger partial charge in [0.05, 0.1) is 7.11 Å². The van der Waals surface area contributed by atoms with Gasteiger partial charge in [-0.05, 0) is 45.7 Å². The molecule has 0 unspecified atom stereocenters. The second-order valence-electron chi connectivity index (χ2n) is 8.89. The number of benzene rings is 1. The van der Waals surface area contributed by atoms with Crippen LogP contribution in [-0.4, -0.2) is 57.9 Å². The van der Waals surface area contributed by atoms with Crippen molar-refractivity contribution in [3.05, 3.63) is 71.9 Å². The molecular weight excluding hydrogens is 490 g/mol. The molecule has 1 amide bonds. The number of rotatable bonds is 14. The Bertz CT molecular complexity index is 1180. The lowest BCUT2D eigenvalue weighted by Crippen LogP contribution is -2.27. The molecule has 0 radical (unpaired) electrons. The largest absolute Gasteiger partial charge is 0.497 e. The third-order valence-electron chi connectivity index (χ3n) is 5.77. The molecule has 0 bridgehead atoms. The normalized spacial score (nSPS) is 12.1. The highest BCUT2D eigenvalue weighted by Crippen LogP contribution is 2.27. The summed E-state index contributed by atoms with van der Waals surface area (Å²) in [5.74, 6) is 0.591. The molecule has 0 fully saturated rings. The maximum absolute atomic E-state index is 13.3. The lowest BCUT2D eigenvalue weighted by Gasteiger charge is -2.17. The lowest BCUT2D eigenvalue weighted by atomic mass is 10.2. The highest BCUT2D eigenvalue weighted by molar-refractivity contribution is 8.01. The number of hydrogen-bond donors (Lipinski definition) is 2. The predicted octanol–water partition coefficient (Wildman–Crippen LogP) is 5.52. The van der Waals surface area contributed by atoms with Crippen molar-refractivity contribution in [2.75, 3.05) is 31.9 Å². The number of methoxy groups -OCH3 is 2. The summed E-state index contributed by atoms with van der Waals surface area (Å²) in [6.45, 7) is 12.1. The summed E-state index contributed by atoms with van der Waals surface area (Å²) in [4.78, 5) is 29.5. The number of aryl methyl sites for hydroxylation is 1. The van der Waals surface area contributed by atoms with E-state index in [0.717, 1.165) is 23.3 Å². The van der Waals surface area contributed by atoms with Crippen LogP contribution < -0.4 is 10.1 Å². The Balaban J connectivity index is 2.42. The number of nitrogens with one attached hydrogen (secondary N) is 1. The monoisotopic (exact) mass is 527 g/mol. The first kappa shape index (κ1) is 29.9. The highest BCUT2D eigenvalue weighted by Gasteiger charge is 2.27. The second kappa shape index (κ2) is 13.9. The van der Waals surface area contributed by atoms with Crippen LogP contribution in [0.15, 0.2) is 49.1 Å². The molecular formula is C28H37N3O5S. The van der Waals surface area contributed by atoms with Crippen molar-refractivity contribution in [2.45, 2.75) is 45.4 Å². The van der Waals surface area contributed by atoms with Crippen molar-refractivity contribution < 1.29 is 24.2 Å². The number of anilines is 1. The van der Waals surface area contributed by atoms with Gasteiger partial charge in [0.1, 0.15) is 22.0 Å². The molecule has 0 saturated heterocycles. The summed E-state index contributed by atoms with van der Waals surface area (Å²) in [6.07, 6.45) is 8.01. The maximum atomic E-state index is 13.3. The van der Waals surface area contributed by atoms with Crippen LogP contribution >= 0.6 is 11.8 Å². The number of aliphatic carboxylic acids is 1. The van der Waals surface area contributed by atoms with Crippen LogP contribution in [0.5, 0.6) is 5.75 Å². The number of aromatic nitrogens is 2. The summed E-state index contributed by atoms with van der Waals surface area (Å²) in [7, 11) is 3.23. The average Bonchev–Trinajstić information content (AvgIpc) is 3.18. The molecule has 0 aliphatic heterocycles. The van der Waals surface area contributed by atoms with Crippen molar-refractivity contribution in [3.8, 4) is 5.75 Å². The molecule has 0 aliphatic rings. The van der Waals surface area contributed by atoms with Crippen LogP contribution in [0.25, 0.3) is 5.57 Å². The molecule has 37 heavy (non-hydrogen) atoms. The molecule has 2 aromatic rings. The highest BCUT2D eigenvalue weighted by atomic mass is 32.2. The Morgan fingerprint density at radius 1 is 1.27 bits per heavy atom. The topological polar surface area (TPSA) is 103 Å². The van der Waals surface area contributed by atoms with Crippen LogP contribution in [-0.2, 0) is 16.1 Å². The van der Waals surface area contributed by atoms with E-state index in [2.05, 4.69) is 11.9 Å². The van der Waals surface area contributed by atoms with Crippen molar-refractivity contribution in [2.24, 2.45) is 0 Å². The minimum Gasteiger partial charge on any atom is -0.497 e. The molecule has 8 nitrogen and oxygen atoms in total. The third kappa shape index (κ3) is 8.10. The molecule has 1 heterocycles. The van der Waals surface area contributed by atoms with Gasteiger partial charge >= 0.3 is 5.97 Å². The fourth-order valence-electron chi connectivity index (χ4n) is 3.48. The van der Waals surface area contributed by atoms with Gasteiger partial charge in [-0.1, -0.05) is 36.9 Å². The van der Waals surface area contributed by atoms with Gasteiger partial charge in [0, 0.05) is 49.0 Å². The summed E-state index contributed by atoms with van der Waals surface area (Å²) >= 11 is 1.32. The van der Waals surface area contributed by atoms with E-state index in [0.29, 0.717) is 41.9 Å². The van der Waals surface area contributed by atoms with Crippen molar-refractivity contribution in [1.29, 1.82) is 0 Å². The fourth-order valence-corrected chi connectivity index (χ4v) is 4.21. The second-order valence-corrected chi connectivity index (χ2v) is 10.5. The first-order chi connectivity index (χ1) is 17.5. The van der Waals surface area contributed by atoms with Crippen LogP contribution in [0.4, 0.5) is 5.69 Å². The summed E-state index contributed by atoms with van der Waals surface area (Å²) in [5.41, 5.74) is 3.37. The number of nitrogens with zero attached hydrogens (tertiary/aromatic N) is 2. The number of carbonyl (C=O) groups excluding carboxylic acids is 1. The summed E-state index contributed by atoms with van der Waals surface area (Å²) in [6, 6.07) is 5.50. The summed E-state index contributed by atoms with van der Waals surface area (Å²) < 4.78 is 11.6. The van der Waals surface area contributed by atoms with Gasteiger partial charge in [0.25, 0.3) is 5.91 Å². The van der Waals surface area contributed by atoms with Crippen LogP contribution in [0.3, 0.4) is 0 Å². The number of carboxylic acids is 1. The third-order valence-corrected chi connectivity index (χ3v) is 7.02. The standard InChI is InChI=1S/C28H37N3O5S/c1-8-11-21(12-9-17-37-28(4,5)27(33)34)25-30-24(20(3)31(25)15-10-16-35-6)26(32)29-23-18-22(36-7)14-13-19(23)2/h8-9,11-14,18H,1,10,15-17H2,2-7H3,(H,29,32)(H,33,34)/b12-9-,21-11+. The smallest absolute Gasteiger partial charge is 0.319 e. The van der Waals surface area contributed by atoms with E-state index in [4.69, 9.17) is 14.5 Å². The van der Waals surface area contributed by atoms with Gasteiger partial charge < -0.3 is 24.5 Å². The van der Waals surface area contributed by atoms with E-state index in [9.17, 15) is 14.7 Å². The Kier molecular flexibility index (Phi) is 11.2. The zero-order valence-electron chi connectivity index (χ0n) is 22.5. The lowest BCUT2D eigenvalue weighted by molar-refractivity contribution is -0.138. The van der Waals surface area contributed by atoms with E-state index in [-0.39, 0.29) is 5.91 Å². The van der Waals surface area contributed by atoms with Crippen LogP contribution in [0.2, 0.25) is 0 Å². The molecule has 0 aliphatic carbocycles. The van der Waals surface area contributed by atoms with E-state index in [1.807, 2.05) is 48.8 Å². The average molecular weight is 528 g/mol. The molecule has 1 aromatic carbocycles. The number of hydrogen-bond acceptors (Lipinski definition) is 6. The van der Waals surface area contributed by atoms with Crippen molar-refractivity contribution in [3.63, 3.8) is 0 Å². The molecule has 0 atom stereocenters. The van der Waals surface area contributed by atoms with Gasteiger partial charge in [0.15, 0.2) is 0 Å². The van der Waals surface area contributed by atoms with Gasteiger partial charge in [0.2, 0.25) is 0 Å². The van der Waals surface area contributed by atoms with Gasteiger partial charge in [-0.25, -0.2) is 4.98 Å². The Morgan fingerprint density at radius 3 is 2.62 bits per heavy atom. The molecule has 0 saturated carbocycles. The Labute approximate surface area is 223 Å². The zero-order chi connectivity index (χ0) is 27.6. The number of ether oxygens (including phenoxy) is 2. The molecule has 2 N–H and O–H groups in total. The molecule has 9 heteroatoms. The van der Waals surface area contributed by atoms with E-state index in [1.165, 1.54) is 11.8 Å². The van der Waals surface area contributed by atoms with E-state index >= 15 is 0 Å². The number of imidazole rings is 1. The van der Waals surface area contributed by atoms with Crippen molar-refractivity contribution >= 4 is 34.9 Å². The van der Waals surface area contributed by atoms with Gasteiger partial charge in [-0.2, -0.15) is 0 Å². The van der Waals surface area contributed by atoms with E-state index in [1.54, 1.807) is 40.2 Å². The van der Waals surface area contributed by atoms with Gasteiger partial charge in [-0.15, -0.1) is 11.8 Å². The SMILES string of the molecule is C=C/C=C(\C=C/CSC(C)(C)C(=O)O)c1nc(C(=O)Nc2cc(OC)ccc2C)c(C)n1CCCOC. The quantitative estimate of drug-likeness (QED) is 0.246. The summed E-state index contributed by atoms with van der Waals surface area (Å²) in [5, 5.41) is 12.3. The first-order valence-corrected chi connectivity index (χ1v) is 12.9.